The zero-order valence-corrected chi connectivity index (χ0v) is 17.2. The number of nitrogens with zero attached hydrogens (tertiary/aromatic N) is 3. The van der Waals surface area contributed by atoms with Crippen LogP contribution in [0.5, 0.6) is 0 Å². The topological polar surface area (TPSA) is 126 Å². The van der Waals surface area contributed by atoms with E-state index in [9.17, 15) is 19.6 Å². The quantitative estimate of drug-likeness (QED) is 0.247. The number of amidine groups is 1. The van der Waals surface area contributed by atoms with E-state index in [0.717, 1.165) is 4.90 Å². The highest BCUT2D eigenvalue weighted by Crippen LogP contribution is 2.34. The minimum Gasteiger partial charge on any atom is -0.457 e. The van der Waals surface area contributed by atoms with Gasteiger partial charge in [0.2, 0.25) is 5.54 Å². The third-order valence-corrected chi connectivity index (χ3v) is 4.41. The molecule has 29 heavy (non-hydrogen) atoms. The van der Waals surface area contributed by atoms with Crippen molar-refractivity contribution in [1.82, 2.24) is 4.90 Å². The molecule has 0 radical (unpaired) electrons. The van der Waals surface area contributed by atoms with Gasteiger partial charge in [0.1, 0.15) is 11.7 Å². The molecule has 1 atom stereocenters. The molecular formula is C21H26N4O4. The van der Waals surface area contributed by atoms with E-state index in [2.05, 4.69) is 4.99 Å². The highest BCUT2D eigenvalue weighted by Gasteiger charge is 2.55. The molecule has 1 aliphatic rings. The molecule has 0 bridgehead atoms. The first-order chi connectivity index (χ1) is 13.5. The van der Waals surface area contributed by atoms with Gasteiger partial charge in [-0.3, -0.25) is 14.6 Å². The van der Waals surface area contributed by atoms with Gasteiger partial charge in [0, 0.05) is 6.54 Å². The number of ether oxygens (including phenoxy) is 1. The van der Waals surface area contributed by atoms with E-state index < -0.39 is 28.9 Å². The van der Waals surface area contributed by atoms with Crippen LogP contribution in [0.15, 0.2) is 29.3 Å². The zero-order valence-electron chi connectivity index (χ0n) is 17.2. The van der Waals surface area contributed by atoms with Gasteiger partial charge < -0.3 is 10.5 Å². The molecule has 8 heteroatoms. The fraction of sp³-hybridized carbons (Fsp3) is 0.476. The second-order valence-corrected chi connectivity index (χ2v) is 7.95. The number of hydrogen-bond acceptors (Lipinski definition) is 6. The minimum absolute atomic E-state index is 0.0526. The van der Waals surface area contributed by atoms with Crippen LogP contribution in [0.3, 0.4) is 0 Å². The molecule has 1 heterocycles. The molecule has 8 nitrogen and oxygen atoms in total. The minimum atomic E-state index is -2.05. The molecule has 0 spiro atoms. The van der Waals surface area contributed by atoms with Crippen molar-refractivity contribution >= 4 is 23.6 Å². The molecule has 0 fully saturated rings. The Balaban J connectivity index is 2.40. The molecule has 1 aromatic rings. The number of hydrogen-bond donors (Lipinski definition) is 1. The van der Waals surface area contributed by atoms with E-state index in [1.54, 1.807) is 39.8 Å². The highest BCUT2D eigenvalue weighted by atomic mass is 16.6. The maximum atomic E-state index is 13.1. The number of rotatable bonds is 7. The largest absolute Gasteiger partial charge is 0.457 e. The van der Waals surface area contributed by atoms with Crippen LogP contribution in [0.2, 0.25) is 0 Å². The number of nitrogens with two attached hydrogens (primary N) is 1. The smallest absolute Gasteiger partial charge is 0.348 e. The number of unbranched alkanes of at least 4 members (excludes halogenated alkanes) is 1. The number of nitriles is 1. The first kappa shape index (κ1) is 22.1. The molecule has 2 N–H and O–H groups in total. The van der Waals surface area contributed by atoms with E-state index in [1.807, 2.05) is 6.07 Å². The average Bonchev–Trinajstić information content (AvgIpc) is 2.89. The van der Waals surface area contributed by atoms with Gasteiger partial charge in [-0.05, 0) is 59.1 Å². The second kappa shape index (κ2) is 8.43. The fourth-order valence-electron chi connectivity index (χ4n) is 3.10. The molecule has 0 saturated heterocycles. The normalized spacial score (nSPS) is 16.2. The molecular weight excluding hydrogens is 372 g/mol. The van der Waals surface area contributed by atoms with Crippen molar-refractivity contribution in [1.29, 1.82) is 5.26 Å². The number of aliphatic imine (C=N–C) groups is 1. The summed E-state index contributed by atoms with van der Waals surface area (Å²) in [5, 5.41) is 10.0. The number of carbonyl (C=O) groups excluding carboxylic acids is 3. The molecule has 1 unspecified atom stereocenters. The lowest BCUT2D eigenvalue weighted by molar-refractivity contribution is -0.164. The van der Waals surface area contributed by atoms with Crippen LogP contribution in [-0.4, -0.2) is 46.2 Å². The Labute approximate surface area is 170 Å². The SMILES string of the molecule is CC(N)=NCCCCC(C#N)(C(=O)OC(C)(C)C)N1C(=O)c2ccccc2C1=O. The molecule has 2 rings (SSSR count). The van der Waals surface area contributed by atoms with Crippen LogP contribution in [0.1, 0.15) is 67.7 Å². The van der Waals surface area contributed by atoms with Gasteiger partial charge in [0.15, 0.2) is 0 Å². The summed E-state index contributed by atoms with van der Waals surface area (Å²) in [4.78, 5) is 43.8. The van der Waals surface area contributed by atoms with Crippen LogP contribution in [0.25, 0.3) is 0 Å². The van der Waals surface area contributed by atoms with Crippen molar-refractivity contribution in [2.45, 2.75) is 58.1 Å². The van der Waals surface area contributed by atoms with E-state index in [4.69, 9.17) is 10.5 Å². The molecule has 0 aliphatic carbocycles. The van der Waals surface area contributed by atoms with Gasteiger partial charge in [-0.2, -0.15) is 5.26 Å². The van der Waals surface area contributed by atoms with Crippen LogP contribution >= 0.6 is 0 Å². The zero-order chi connectivity index (χ0) is 21.8. The second-order valence-electron chi connectivity index (χ2n) is 7.95. The van der Waals surface area contributed by atoms with Crippen molar-refractivity contribution in [3.05, 3.63) is 35.4 Å². The predicted octanol–water partition coefficient (Wildman–Crippen LogP) is 2.43. The van der Waals surface area contributed by atoms with Gasteiger partial charge in [-0.15, -0.1) is 0 Å². The lowest BCUT2D eigenvalue weighted by Crippen LogP contribution is -2.58. The van der Waals surface area contributed by atoms with E-state index >= 15 is 0 Å². The molecule has 1 aromatic carbocycles. The maximum absolute atomic E-state index is 13.1. The van der Waals surface area contributed by atoms with Crippen molar-refractivity contribution < 1.29 is 19.1 Å². The van der Waals surface area contributed by atoms with Gasteiger partial charge >= 0.3 is 5.97 Å². The Hall–Kier alpha value is -3.21. The van der Waals surface area contributed by atoms with Crippen molar-refractivity contribution in [2.24, 2.45) is 10.7 Å². The average molecular weight is 398 g/mol. The Bertz CT molecular complexity index is 856. The summed E-state index contributed by atoms with van der Waals surface area (Å²) >= 11 is 0. The molecule has 2 amide bonds. The van der Waals surface area contributed by atoms with E-state index in [-0.39, 0.29) is 17.5 Å². The summed E-state index contributed by atoms with van der Waals surface area (Å²) in [7, 11) is 0. The van der Waals surface area contributed by atoms with Crippen LogP contribution in [-0.2, 0) is 9.53 Å². The van der Waals surface area contributed by atoms with Gasteiger partial charge in [0.05, 0.1) is 17.0 Å². The predicted molar refractivity (Wildman–Crippen MR) is 107 cm³/mol. The first-order valence-electron chi connectivity index (χ1n) is 9.42. The van der Waals surface area contributed by atoms with Crippen molar-refractivity contribution in [3.63, 3.8) is 0 Å². The van der Waals surface area contributed by atoms with Crippen LogP contribution < -0.4 is 5.73 Å². The van der Waals surface area contributed by atoms with E-state index in [0.29, 0.717) is 25.2 Å². The lowest BCUT2D eigenvalue weighted by atomic mass is 9.91. The van der Waals surface area contributed by atoms with E-state index in [1.165, 1.54) is 12.1 Å². The van der Waals surface area contributed by atoms with Gasteiger partial charge in [-0.25, -0.2) is 9.69 Å². The van der Waals surface area contributed by atoms with Gasteiger partial charge in [-0.1, -0.05) is 12.1 Å². The molecule has 1 aliphatic heterocycles. The molecule has 0 aromatic heterocycles. The number of benzene rings is 1. The standard InChI is InChI=1S/C21H26N4O4/c1-14(23)24-12-8-7-11-21(13-22,19(28)29-20(2,3)4)25-17(26)15-9-5-6-10-16(15)18(25)27/h5-6,9-10H,7-8,11-12H2,1-4H3,(H2,23,24). The summed E-state index contributed by atoms with van der Waals surface area (Å²) < 4.78 is 5.44. The number of fused-ring (bicyclic) bond motifs is 1. The Morgan fingerprint density at radius 1 is 1.17 bits per heavy atom. The Morgan fingerprint density at radius 2 is 1.72 bits per heavy atom. The number of esters is 1. The summed E-state index contributed by atoms with van der Waals surface area (Å²) in [5.41, 5.74) is 2.91. The number of amides is 2. The van der Waals surface area contributed by atoms with Crippen molar-refractivity contribution in [3.8, 4) is 6.07 Å². The summed E-state index contributed by atoms with van der Waals surface area (Å²) in [6.07, 6.45) is 0.851. The maximum Gasteiger partial charge on any atom is 0.348 e. The van der Waals surface area contributed by atoms with Gasteiger partial charge in [0.25, 0.3) is 11.8 Å². The summed E-state index contributed by atoms with van der Waals surface area (Å²) in [5.74, 6) is -1.83. The number of imide groups is 1. The Morgan fingerprint density at radius 3 is 2.17 bits per heavy atom. The first-order valence-corrected chi connectivity index (χ1v) is 9.42. The molecule has 154 valence electrons. The highest BCUT2D eigenvalue weighted by molar-refractivity contribution is 6.23. The monoisotopic (exact) mass is 398 g/mol. The third-order valence-electron chi connectivity index (χ3n) is 4.41. The fourth-order valence-corrected chi connectivity index (χ4v) is 3.10. The Kier molecular flexibility index (Phi) is 6.42. The summed E-state index contributed by atoms with van der Waals surface area (Å²) in [6, 6.07) is 8.19. The summed E-state index contributed by atoms with van der Waals surface area (Å²) in [6.45, 7) is 7.07. The van der Waals surface area contributed by atoms with Crippen LogP contribution in [0, 0.1) is 11.3 Å². The number of carbonyl (C=O) groups is 3. The molecule has 0 saturated carbocycles. The van der Waals surface area contributed by atoms with Crippen molar-refractivity contribution in [2.75, 3.05) is 6.54 Å². The van der Waals surface area contributed by atoms with Crippen LogP contribution in [0.4, 0.5) is 0 Å². The third kappa shape index (κ3) is 4.62. The lowest BCUT2D eigenvalue weighted by Gasteiger charge is -2.34.